The van der Waals surface area contributed by atoms with E-state index in [2.05, 4.69) is 15.9 Å². The highest BCUT2D eigenvalue weighted by Crippen LogP contribution is 2.26. The van der Waals surface area contributed by atoms with Gasteiger partial charge in [0.05, 0.1) is 0 Å². The number of hydrogen-bond acceptors (Lipinski definition) is 2. The molecule has 5 heteroatoms. The minimum absolute atomic E-state index is 0.0151. The highest BCUT2D eigenvalue weighted by molar-refractivity contribution is 9.10. The lowest BCUT2D eigenvalue weighted by Crippen LogP contribution is -2.19. The van der Waals surface area contributed by atoms with Crippen molar-refractivity contribution in [3.63, 3.8) is 0 Å². The Morgan fingerprint density at radius 1 is 1.05 bits per heavy atom. The second kappa shape index (κ2) is 7.00. The number of anilines is 1. The fourth-order valence-electron chi connectivity index (χ4n) is 2.24. The van der Waals surface area contributed by atoms with Gasteiger partial charge in [-0.2, -0.15) is 0 Å². The van der Waals surface area contributed by atoms with Crippen molar-refractivity contribution in [3.8, 4) is 0 Å². The maximum Gasteiger partial charge on any atom is 0.149 e. The molecule has 0 aliphatic heterocycles. The Hall–Kier alpha value is -1.46. The van der Waals surface area contributed by atoms with Crippen LogP contribution in [0.15, 0.2) is 40.9 Å². The van der Waals surface area contributed by atoms with E-state index in [1.807, 2.05) is 24.3 Å². The molecule has 0 aromatic heterocycles. The Balaban J connectivity index is 2.22. The van der Waals surface area contributed by atoms with Gasteiger partial charge in [-0.3, -0.25) is 0 Å². The van der Waals surface area contributed by atoms with Gasteiger partial charge in [0.2, 0.25) is 0 Å². The maximum absolute atomic E-state index is 14.1. The summed E-state index contributed by atoms with van der Waals surface area (Å²) in [5.74, 6) is -1.11. The molecule has 2 aromatic carbocycles. The van der Waals surface area contributed by atoms with Crippen LogP contribution in [0.4, 0.5) is 14.5 Å². The summed E-state index contributed by atoms with van der Waals surface area (Å²) in [6, 6.07) is 10.3. The number of nitrogens with two attached hydrogens (primary N) is 1. The monoisotopic (exact) mass is 354 g/mol. The van der Waals surface area contributed by atoms with Crippen LogP contribution < -0.4 is 10.6 Å². The molecule has 0 aliphatic carbocycles. The van der Waals surface area contributed by atoms with Gasteiger partial charge in [0.25, 0.3) is 0 Å². The van der Waals surface area contributed by atoms with Gasteiger partial charge in [0.1, 0.15) is 17.3 Å². The summed E-state index contributed by atoms with van der Waals surface area (Å²) < 4.78 is 29.2. The van der Waals surface area contributed by atoms with Crippen LogP contribution in [0.25, 0.3) is 0 Å². The molecule has 0 spiro atoms. The van der Waals surface area contributed by atoms with Crippen molar-refractivity contribution in [1.82, 2.24) is 0 Å². The first-order valence-corrected chi connectivity index (χ1v) is 7.44. The molecule has 0 saturated heterocycles. The predicted octanol–water partition coefficient (Wildman–Crippen LogP) is 3.86. The normalized spacial score (nSPS) is 10.7. The molecule has 2 nitrogen and oxygen atoms in total. The average Bonchev–Trinajstić information content (AvgIpc) is 2.41. The van der Waals surface area contributed by atoms with Gasteiger partial charge in [-0.1, -0.05) is 28.1 Å². The molecular formula is C16H17BrF2N2. The Bertz CT molecular complexity index is 591. The summed E-state index contributed by atoms with van der Waals surface area (Å²) >= 11 is 3.36. The Labute approximate surface area is 131 Å². The van der Waals surface area contributed by atoms with Crippen LogP contribution in [0.5, 0.6) is 0 Å². The van der Waals surface area contributed by atoms with E-state index in [0.717, 1.165) is 10.0 Å². The molecule has 0 fully saturated rings. The fourth-order valence-corrected chi connectivity index (χ4v) is 2.50. The fraction of sp³-hybridized carbons (Fsp3) is 0.250. The van der Waals surface area contributed by atoms with E-state index >= 15 is 0 Å². The van der Waals surface area contributed by atoms with Crippen molar-refractivity contribution in [2.45, 2.75) is 13.0 Å². The van der Waals surface area contributed by atoms with Crippen LogP contribution in [0, 0.1) is 11.6 Å². The summed E-state index contributed by atoms with van der Waals surface area (Å²) in [5.41, 5.74) is 6.95. The van der Waals surface area contributed by atoms with Crippen LogP contribution in [0.2, 0.25) is 0 Å². The molecule has 0 radical (unpaired) electrons. The van der Waals surface area contributed by atoms with E-state index in [1.165, 1.54) is 12.1 Å². The third kappa shape index (κ3) is 4.02. The van der Waals surface area contributed by atoms with Gasteiger partial charge in [0.15, 0.2) is 0 Å². The average molecular weight is 355 g/mol. The molecule has 0 aliphatic rings. The summed E-state index contributed by atoms with van der Waals surface area (Å²) in [6.07, 6.45) is 0.463. The van der Waals surface area contributed by atoms with E-state index in [9.17, 15) is 8.78 Å². The highest BCUT2D eigenvalue weighted by atomic mass is 79.9. The van der Waals surface area contributed by atoms with Crippen molar-refractivity contribution in [2.24, 2.45) is 5.73 Å². The number of rotatable bonds is 5. The smallest absolute Gasteiger partial charge is 0.149 e. The molecule has 0 bridgehead atoms. The van der Waals surface area contributed by atoms with Gasteiger partial charge >= 0.3 is 0 Å². The molecule has 2 rings (SSSR count). The second-order valence-electron chi connectivity index (χ2n) is 4.93. The zero-order chi connectivity index (χ0) is 15.4. The van der Waals surface area contributed by atoms with Crippen molar-refractivity contribution >= 4 is 21.6 Å². The van der Waals surface area contributed by atoms with Gasteiger partial charge < -0.3 is 10.6 Å². The highest BCUT2D eigenvalue weighted by Gasteiger charge is 2.15. The number of benzene rings is 2. The van der Waals surface area contributed by atoms with Crippen LogP contribution >= 0.6 is 15.9 Å². The van der Waals surface area contributed by atoms with Crippen LogP contribution in [-0.2, 0) is 13.0 Å². The van der Waals surface area contributed by atoms with E-state index < -0.39 is 11.6 Å². The molecule has 112 valence electrons. The van der Waals surface area contributed by atoms with Crippen molar-refractivity contribution < 1.29 is 8.78 Å². The van der Waals surface area contributed by atoms with Gasteiger partial charge in [0, 0.05) is 18.1 Å². The topological polar surface area (TPSA) is 29.3 Å². The van der Waals surface area contributed by atoms with E-state index in [1.54, 1.807) is 11.9 Å². The minimum atomic E-state index is -0.557. The van der Waals surface area contributed by atoms with Crippen LogP contribution in [0.3, 0.4) is 0 Å². The van der Waals surface area contributed by atoms with Crippen LogP contribution in [-0.4, -0.2) is 13.6 Å². The Morgan fingerprint density at radius 2 is 1.62 bits per heavy atom. The van der Waals surface area contributed by atoms with Crippen molar-refractivity contribution in [3.05, 3.63) is 63.6 Å². The maximum atomic E-state index is 14.1. The number of nitrogens with zero attached hydrogens (tertiary/aromatic N) is 1. The van der Waals surface area contributed by atoms with Crippen molar-refractivity contribution in [2.75, 3.05) is 18.5 Å². The van der Waals surface area contributed by atoms with Gasteiger partial charge in [-0.25, -0.2) is 8.78 Å². The van der Waals surface area contributed by atoms with E-state index in [4.69, 9.17) is 5.73 Å². The summed E-state index contributed by atoms with van der Waals surface area (Å²) in [4.78, 5) is 1.57. The molecule has 21 heavy (non-hydrogen) atoms. The first-order valence-electron chi connectivity index (χ1n) is 6.65. The van der Waals surface area contributed by atoms with E-state index in [-0.39, 0.29) is 5.69 Å². The molecule has 0 amide bonds. The molecule has 2 aromatic rings. The summed E-state index contributed by atoms with van der Waals surface area (Å²) in [6.45, 7) is 0.796. The SMILES string of the molecule is CN(Cc1ccc(Br)cc1)c1c(F)cc(CCN)cc1F. The third-order valence-corrected chi connectivity index (χ3v) is 3.75. The minimum Gasteiger partial charge on any atom is -0.366 e. The molecule has 0 unspecified atom stereocenters. The molecule has 0 heterocycles. The lowest BCUT2D eigenvalue weighted by Gasteiger charge is -2.21. The lowest BCUT2D eigenvalue weighted by atomic mass is 10.1. The summed E-state index contributed by atoms with van der Waals surface area (Å²) in [7, 11) is 1.67. The molecule has 0 saturated carbocycles. The van der Waals surface area contributed by atoms with Gasteiger partial charge in [-0.15, -0.1) is 0 Å². The first kappa shape index (κ1) is 15.9. The Kier molecular flexibility index (Phi) is 5.31. The van der Waals surface area contributed by atoms with Crippen molar-refractivity contribution in [1.29, 1.82) is 0 Å². The second-order valence-corrected chi connectivity index (χ2v) is 5.84. The lowest BCUT2D eigenvalue weighted by molar-refractivity contribution is 0.573. The van der Waals surface area contributed by atoms with Crippen LogP contribution in [0.1, 0.15) is 11.1 Å². The zero-order valence-corrected chi connectivity index (χ0v) is 13.3. The first-order chi connectivity index (χ1) is 10.0. The number of halogens is 3. The Morgan fingerprint density at radius 3 is 2.14 bits per heavy atom. The quantitative estimate of drug-likeness (QED) is 0.883. The van der Waals surface area contributed by atoms with E-state index in [0.29, 0.717) is 25.1 Å². The number of hydrogen-bond donors (Lipinski definition) is 1. The molecular weight excluding hydrogens is 338 g/mol. The zero-order valence-electron chi connectivity index (χ0n) is 11.7. The largest absolute Gasteiger partial charge is 0.366 e. The standard InChI is InChI=1S/C16H17BrF2N2/c1-21(10-11-2-4-13(17)5-3-11)16-14(18)8-12(6-7-20)9-15(16)19/h2-5,8-9H,6-7,10,20H2,1H3. The molecule has 2 N–H and O–H groups in total. The third-order valence-electron chi connectivity index (χ3n) is 3.22. The summed E-state index contributed by atoms with van der Waals surface area (Å²) in [5, 5.41) is 0. The van der Waals surface area contributed by atoms with Gasteiger partial charge in [-0.05, 0) is 48.4 Å². The molecule has 0 atom stereocenters. The predicted molar refractivity (Wildman–Crippen MR) is 85.4 cm³/mol.